The number of nitrogens with zero attached hydrogens (tertiary/aromatic N) is 1. The summed E-state index contributed by atoms with van der Waals surface area (Å²) in [5, 5.41) is 7.88. The van der Waals surface area contributed by atoms with E-state index in [9.17, 15) is 0 Å². The Labute approximate surface area is 165 Å². The van der Waals surface area contributed by atoms with Crippen LogP contribution >= 0.6 is 35.6 Å². The maximum Gasteiger partial charge on any atom is 0.191 e. The van der Waals surface area contributed by atoms with Crippen molar-refractivity contribution in [3.8, 4) is 0 Å². The lowest BCUT2D eigenvalue weighted by Crippen LogP contribution is -2.72. The first-order valence-electron chi connectivity index (χ1n) is 8.56. The minimum Gasteiger partial charge on any atom is -0.377 e. The summed E-state index contributed by atoms with van der Waals surface area (Å²) >= 11 is 5.93. The van der Waals surface area contributed by atoms with E-state index < -0.39 is 0 Å². The first-order chi connectivity index (χ1) is 11.2. The summed E-state index contributed by atoms with van der Waals surface area (Å²) in [5.74, 6) is 1.55. The van der Waals surface area contributed by atoms with Gasteiger partial charge in [-0.3, -0.25) is 4.99 Å². The van der Waals surface area contributed by atoms with Gasteiger partial charge in [-0.2, -0.15) is 0 Å². The Morgan fingerprint density at radius 2 is 2.08 bits per heavy atom. The van der Waals surface area contributed by atoms with Crippen LogP contribution in [-0.4, -0.2) is 31.8 Å². The van der Waals surface area contributed by atoms with Gasteiger partial charge in [0.15, 0.2) is 5.96 Å². The van der Waals surface area contributed by atoms with Crippen molar-refractivity contribution in [2.45, 2.75) is 44.4 Å². The van der Waals surface area contributed by atoms with Gasteiger partial charge < -0.3 is 15.4 Å². The molecule has 2 saturated carbocycles. The molecule has 2 aliphatic carbocycles. The second kappa shape index (κ2) is 7.38. The van der Waals surface area contributed by atoms with E-state index >= 15 is 0 Å². The summed E-state index contributed by atoms with van der Waals surface area (Å²) < 4.78 is 5.98. The van der Waals surface area contributed by atoms with Crippen LogP contribution in [0.1, 0.15) is 31.2 Å². The van der Waals surface area contributed by atoms with Crippen LogP contribution in [0.5, 0.6) is 0 Å². The molecule has 0 bridgehead atoms. The first-order valence-corrected chi connectivity index (χ1v) is 8.94. The number of hydrogen-bond donors (Lipinski definition) is 2. The summed E-state index contributed by atoms with van der Waals surface area (Å²) in [7, 11) is 1.84. The molecule has 0 amide bonds. The zero-order valence-corrected chi connectivity index (χ0v) is 17.0. The molecule has 0 aromatic heterocycles. The smallest absolute Gasteiger partial charge is 0.191 e. The van der Waals surface area contributed by atoms with Gasteiger partial charge in [-0.25, -0.2) is 0 Å². The number of hydrogen-bond acceptors (Lipinski definition) is 2. The molecule has 0 radical (unpaired) electrons. The van der Waals surface area contributed by atoms with Crippen LogP contribution in [0.4, 0.5) is 0 Å². The van der Waals surface area contributed by atoms with Gasteiger partial charge in [0.25, 0.3) is 0 Å². The molecule has 1 aliphatic heterocycles. The van der Waals surface area contributed by atoms with E-state index in [4.69, 9.17) is 16.3 Å². The standard InChI is InChI=1S/C18H24ClN3O.HI/c1-20-17(21-11-12-3-5-13(19)6-4-12)22-15-14-7-10-23-16(14)18(15)8-2-9-18;/h3-6,14-16H,2,7-11H2,1H3,(H2,20,21,22);1H. The Bertz CT molecular complexity index is 603. The molecule has 1 spiro atoms. The molecule has 6 heteroatoms. The lowest BCUT2D eigenvalue weighted by Gasteiger charge is -2.63. The van der Waals surface area contributed by atoms with E-state index in [1.807, 2.05) is 31.3 Å². The lowest BCUT2D eigenvalue weighted by atomic mass is 9.46. The van der Waals surface area contributed by atoms with Gasteiger partial charge >= 0.3 is 0 Å². The maximum absolute atomic E-state index is 5.98. The summed E-state index contributed by atoms with van der Waals surface area (Å²) in [6, 6.07) is 8.44. The van der Waals surface area contributed by atoms with Crippen molar-refractivity contribution in [3.63, 3.8) is 0 Å². The zero-order valence-electron chi connectivity index (χ0n) is 13.9. The summed E-state index contributed by atoms with van der Waals surface area (Å²) in [4.78, 5) is 4.41. The molecular weight excluding hydrogens is 437 g/mol. The van der Waals surface area contributed by atoms with Gasteiger partial charge in [0.05, 0.1) is 6.10 Å². The molecule has 4 rings (SSSR count). The van der Waals surface area contributed by atoms with E-state index in [2.05, 4.69) is 15.6 Å². The summed E-state index contributed by atoms with van der Waals surface area (Å²) in [6.45, 7) is 1.67. The number of guanidine groups is 1. The minimum absolute atomic E-state index is 0. The fourth-order valence-electron chi connectivity index (χ4n) is 4.59. The van der Waals surface area contributed by atoms with Crippen molar-refractivity contribution in [1.29, 1.82) is 0 Å². The Kier molecular flexibility index (Phi) is 5.62. The van der Waals surface area contributed by atoms with Crippen LogP contribution in [-0.2, 0) is 11.3 Å². The van der Waals surface area contributed by atoms with Crippen molar-refractivity contribution in [2.75, 3.05) is 13.7 Å². The Balaban J connectivity index is 0.00000169. The molecule has 1 saturated heterocycles. The van der Waals surface area contributed by atoms with Gasteiger partial charge in [0.2, 0.25) is 0 Å². The highest BCUT2D eigenvalue weighted by Crippen LogP contribution is 2.62. The second-order valence-corrected chi connectivity index (χ2v) is 7.44. The lowest BCUT2D eigenvalue weighted by molar-refractivity contribution is -0.171. The number of ether oxygens (including phenoxy) is 1. The third kappa shape index (κ3) is 3.03. The van der Waals surface area contributed by atoms with E-state index in [0.29, 0.717) is 23.5 Å². The number of rotatable bonds is 3. The predicted octanol–water partition coefficient (Wildman–Crippen LogP) is 3.58. The highest BCUT2D eigenvalue weighted by molar-refractivity contribution is 14.0. The van der Waals surface area contributed by atoms with Gasteiger partial charge in [-0.1, -0.05) is 30.2 Å². The van der Waals surface area contributed by atoms with Gasteiger partial charge in [-0.05, 0) is 37.0 Å². The van der Waals surface area contributed by atoms with Gasteiger partial charge in [-0.15, -0.1) is 24.0 Å². The predicted molar refractivity (Wildman–Crippen MR) is 108 cm³/mol. The molecule has 132 valence electrons. The Hall–Kier alpha value is -0.530. The topological polar surface area (TPSA) is 45.7 Å². The molecule has 3 aliphatic rings. The normalized spacial score (nSPS) is 29.9. The molecule has 1 aromatic carbocycles. The van der Waals surface area contributed by atoms with Crippen LogP contribution < -0.4 is 10.6 Å². The minimum atomic E-state index is 0. The zero-order chi connectivity index (χ0) is 15.9. The van der Waals surface area contributed by atoms with E-state index in [0.717, 1.165) is 24.1 Å². The van der Waals surface area contributed by atoms with Crippen molar-refractivity contribution < 1.29 is 4.74 Å². The molecule has 24 heavy (non-hydrogen) atoms. The fourth-order valence-corrected chi connectivity index (χ4v) is 4.71. The number of benzene rings is 1. The first kappa shape index (κ1) is 18.3. The number of aliphatic imine (C=N–C) groups is 1. The highest BCUT2D eigenvalue weighted by Gasteiger charge is 2.66. The van der Waals surface area contributed by atoms with Crippen LogP contribution in [0.15, 0.2) is 29.3 Å². The monoisotopic (exact) mass is 461 g/mol. The number of halogens is 2. The molecule has 3 fully saturated rings. The SMILES string of the molecule is CN=C(NCc1ccc(Cl)cc1)NC1C2CCOC2C12CCC2.I. The van der Waals surface area contributed by atoms with Crippen molar-refractivity contribution >= 4 is 41.5 Å². The van der Waals surface area contributed by atoms with Crippen LogP contribution in [0.25, 0.3) is 0 Å². The fraction of sp³-hybridized carbons (Fsp3) is 0.611. The van der Waals surface area contributed by atoms with Crippen LogP contribution in [0.2, 0.25) is 5.02 Å². The molecule has 2 N–H and O–H groups in total. The number of nitrogens with one attached hydrogen (secondary N) is 2. The maximum atomic E-state index is 5.98. The molecule has 4 nitrogen and oxygen atoms in total. The average molecular weight is 462 g/mol. The molecule has 1 aromatic rings. The molecule has 1 heterocycles. The molecular formula is C18H25ClIN3O. The van der Waals surface area contributed by atoms with Crippen LogP contribution in [0.3, 0.4) is 0 Å². The summed E-state index contributed by atoms with van der Waals surface area (Å²) in [6.07, 6.45) is 5.59. The van der Waals surface area contributed by atoms with Gasteiger partial charge in [0.1, 0.15) is 0 Å². The van der Waals surface area contributed by atoms with E-state index in [-0.39, 0.29) is 24.0 Å². The highest BCUT2D eigenvalue weighted by atomic mass is 127. The van der Waals surface area contributed by atoms with Crippen LogP contribution in [0, 0.1) is 11.3 Å². The summed E-state index contributed by atoms with van der Waals surface area (Å²) in [5.41, 5.74) is 1.57. The Morgan fingerprint density at radius 3 is 2.71 bits per heavy atom. The van der Waals surface area contributed by atoms with E-state index in [1.54, 1.807) is 0 Å². The van der Waals surface area contributed by atoms with Crippen molar-refractivity contribution in [3.05, 3.63) is 34.9 Å². The second-order valence-electron chi connectivity index (χ2n) is 7.00. The van der Waals surface area contributed by atoms with E-state index in [1.165, 1.54) is 31.2 Å². The number of fused-ring (bicyclic) bond motifs is 2. The largest absolute Gasteiger partial charge is 0.377 e. The van der Waals surface area contributed by atoms with Gasteiger partial charge in [0, 0.05) is 42.6 Å². The van der Waals surface area contributed by atoms with Crippen molar-refractivity contribution in [2.24, 2.45) is 16.3 Å². The third-order valence-corrected chi connectivity index (χ3v) is 6.18. The quantitative estimate of drug-likeness (QED) is 0.411. The molecule has 3 atom stereocenters. The average Bonchev–Trinajstić information content (AvgIpc) is 2.93. The Morgan fingerprint density at radius 1 is 1.33 bits per heavy atom. The molecule has 3 unspecified atom stereocenters. The third-order valence-electron chi connectivity index (χ3n) is 5.93. The van der Waals surface area contributed by atoms with Crippen molar-refractivity contribution in [1.82, 2.24) is 10.6 Å².